The molecule has 0 heterocycles. The van der Waals surface area contributed by atoms with Crippen molar-refractivity contribution < 1.29 is 9.59 Å². The van der Waals surface area contributed by atoms with Gasteiger partial charge >= 0.3 is 0 Å². The van der Waals surface area contributed by atoms with Gasteiger partial charge in [-0.25, -0.2) is 0 Å². The van der Waals surface area contributed by atoms with Crippen molar-refractivity contribution >= 4 is 17.3 Å². The molecule has 1 saturated carbocycles. The van der Waals surface area contributed by atoms with E-state index < -0.39 is 0 Å². The fraction of sp³-hybridized carbons (Fsp3) is 0.680. The van der Waals surface area contributed by atoms with Crippen LogP contribution in [0.25, 0.3) is 0 Å². The topological polar surface area (TPSA) is 37.4 Å². The number of carbonyl (C=O) groups is 2. The number of nitrogens with zero attached hydrogens (tertiary/aromatic N) is 1. The summed E-state index contributed by atoms with van der Waals surface area (Å²) in [6.45, 7) is 8.01. The van der Waals surface area contributed by atoms with Gasteiger partial charge in [-0.15, -0.1) is 0 Å². The fourth-order valence-corrected chi connectivity index (χ4v) is 4.46. The Hall–Kier alpha value is -1.64. The molecule has 0 bridgehead atoms. The first kappa shape index (κ1) is 22.6. The van der Waals surface area contributed by atoms with Gasteiger partial charge in [0.15, 0.2) is 0 Å². The summed E-state index contributed by atoms with van der Waals surface area (Å²) in [6, 6.07) is 8.72. The predicted octanol–water partition coefficient (Wildman–Crippen LogP) is 6.13. The van der Waals surface area contributed by atoms with Gasteiger partial charge in [-0.2, -0.15) is 0 Å². The lowest BCUT2D eigenvalue weighted by Gasteiger charge is -2.28. The van der Waals surface area contributed by atoms with Crippen molar-refractivity contribution in [3.05, 3.63) is 29.8 Å². The van der Waals surface area contributed by atoms with Crippen molar-refractivity contribution in [1.82, 2.24) is 0 Å². The van der Waals surface area contributed by atoms with E-state index in [0.29, 0.717) is 24.4 Å². The number of hydrogen-bond donors (Lipinski definition) is 0. The van der Waals surface area contributed by atoms with Crippen molar-refractivity contribution in [3.63, 3.8) is 0 Å². The highest BCUT2D eigenvalue weighted by molar-refractivity contribution is 5.81. The van der Waals surface area contributed by atoms with Crippen LogP contribution in [-0.2, 0) is 9.59 Å². The van der Waals surface area contributed by atoms with Gasteiger partial charge < -0.3 is 9.69 Å². The quantitative estimate of drug-likeness (QED) is 0.434. The maximum absolute atomic E-state index is 12.7. The summed E-state index contributed by atoms with van der Waals surface area (Å²) >= 11 is 0. The highest BCUT2D eigenvalue weighted by atomic mass is 16.1. The molecule has 0 amide bonds. The van der Waals surface area contributed by atoms with Gasteiger partial charge in [-0.05, 0) is 76.8 Å². The first-order chi connectivity index (χ1) is 13.5. The van der Waals surface area contributed by atoms with Crippen LogP contribution in [0.3, 0.4) is 0 Å². The molecular formula is C25H39NO2. The predicted molar refractivity (Wildman–Crippen MR) is 118 cm³/mol. The minimum absolute atomic E-state index is 0.281. The van der Waals surface area contributed by atoms with Crippen molar-refractivity contribution in [3.8, 4) is 0 Å². The van der Waals surface area contributed by atoms with Crippen LogP contribution in [0.2, 0.25) is 0 Å². The zero-order chi connectivity index (χ0) is 20.4. The standard InChI is InChI=1S/C25H39NO2/c1-4-18-26(24-16-10-20(2)11-17-24)19-6-9-25(28)23-14-12-22(13-15-23)8-5-7-21(3)27/h10-11,16-17,22-23H,4-9,12-15,18-19H2,1-3H3. The van der Waals surface area contributed by atoms with Crippen molar-refractivity contribution in [2.75, 3.05) is 18.0 Å². The van der Waals surface area contributed by atoms with Gasteiger partial charge in [0.2, 0.25) is 0 Å². The second-order valence-electron chi connectivity index (χ2n) is 8.70. The lowest BCUT2D eigenvalue weighted by molar-refractivity contribution is -0.124. The van der Waals surface area contributed by atoms with E-state index >= 15 is 0 Å². The van der Waals surface area contributed by atoms with E-state index in [1.165, 1.54) is 24.1 Å². The van der Waals surface area contributed by atoms with Crippen LogP contribution in [0.1, 0.15) is 83.6 Å². The van der Waals surface area contributed by atoms with Gasteiger partial charge in [-0.3, -0.25) is 4.79 Å². The maximum atomic E-state index is 12.7. The van der Waals surface area contributed by atoms with Crippen molar-refractivity contribution in [2.24, 2.45) is 11.8 Å². The number of hydrogen-bond acceptors (Lipinski definition) is 3. The minimum Gasteiger partial charge on any atom is -0.372 e. The molecule has 0 N–H and O–H groups in total. The zero-order valence-corrected chi connectivity index (χ0v) is 18.2. The molecule has 1 aromatic carbocycles. The molecule has 1 aromatic rings. The lowest BCUT2D eigenvalue weighted by Crippen LogP contribution is -2.27. The van der Waals surface area contributed by atoms with Crippen LogP contribution in [-0.4, -0.2) is 24.7 Å². The molecule has 0 unspecified atom stereocenters. The molecule has 0 aliphatic heterocycles. The normalized spacial score (nSPS) is 19.4. The summed E-state index contributed by atoms with van der Waals surface area (Å²) in [5.41, 5.74) is 2.55. The molecule has 1 fully saturated rings. The summed E-state index contributed by atoms with van der Waals surface area (Å²) in [5.74, 6) is 1.78. The first-order valence-corrected chi connectivity index (χ1v) is 11.3. The Balaban J connectivity index is 1.70. The van der Waals surface area contributed by atoms with Gasteiger partial charge in [0.05, 0.1) is 0 Å². The molecule has 1 aliphatic rings. The second kappa shape index (κ2) is 12.0. The third-order valence-electron chi connectivity index (χ3n) is 6.19. The van der Waals surface area contributed by atoms with E-state index in [9.17, 15) is 9.59 Å². The van der Waals surface area contributed by atoms with Gasteiger partial charge in [0, 0.05) is 37.5 Å². The molecule has 0 saturated heterocycles. The SMILES string of the molecule is CCCN(CCCC(=O)C1CCC(CCCC(C)=O)CC1)c1ccc(C)cc1. The number of ketones is 2. The van der Waals surface area contributed by atoms with Crippen LogP contribution in [0, 0.1) is 18.8 Å². The molecule has 28 heavy (non-hydrogen) atoms. The maximum Gasteiger partial charge on any atom is 0.136 e. The summed E-state index contributed by atoms with van der Waals surface area (Å²) in [4.78, 5) is 26.2. The average Bonchev–Trinajstić information content (AvgIpc) is 2.68. The van der Waals surface area contributed by atoms with E-state index in [4.69, 9.17) is 0 Å². The van der Waals surface area contributed by atoms with Crippen molar-refractivity contribution in [2.45, 2.75) is 85.0 Å². The Kier molecular flexibility index (Phi) is 9.73. The third kappa shape index (κ3) is 7.77. The summed E-state index contributed by atoms with van der Waals surface area (Å²) in [5, 5.41) is 0. The van der Waals surface area contributed by atoms with E-state index in [2.05, 4.69) is 43.0 Å². The number of rotatable bonds is 12. The van der Waals surface area contributed by atoms with E-state index in [1.807, 2.05) is 0 Å². The number of benzene rings is 1. The van der Waals surface area contributed by atoms with Crippen LogP contribution < -0.4 is 4.90 Å². The Morgan fingerprint density at radius 1 is 0.964 bits per heavy atom. The first-order valence-electron chi connectivity index (χ1n) is 11.3. The Bertz CT molecular complexity index is 599. The van der Waals surface area contributed by atoms with Crippen LogP contribution in [0.15, 0.2) is 24.3 Å². The second-order valence-corrected chi connectivity index (χ2v) is 8.70. The Morgan fingerprint density at radius 2 is 1.64 bits per heavy atom. The van der Waals surface area contributed by atoms with Crippen LogP contribution >= 0.6 is 0 Å². The van der Waals surface area contributed by atoms with Gasteiger partial charge in [0.25, 0.3) is 0 Å². The fourth-order valence-electron chi connectivity index (χ4n) is 4.46. The molecule has 0 atom stereocenters. The van der Waals surface area contributed by atoms with E-state index in [1.54, 1.807) is 6.92 Å². The summed E-state index contributed by atoms with van der Waals surface area (Å²) in [7, 11) is 0. The molecular weight excluding hydrogens is 346 g/mol. The molecule has 0 spiro atoms. The van der Waals surface area contributed by atoms with Crippen LogP contribution in [0.4, 0.5) is 5.69 Å². The molecule has 1 aliphatic carbocycles. The number of anilines is 1. The minimum atomic E-state index is 0.281. The smallest absolute Gasteiger partial charge is 0.136 e. The van der Waals surface area contributed by atoms with Gasteiger partial charge in [0.1, 0.15) is 11.6 Å². The largest absolute Gasteiger partial charge is 0.372 e. The van der Waals surface area contributed by atoms with E-state index in [-0.39, 0.29) is 5.92 Å². The molecule has 0 radical (unpaired) electrons. The molecule has 3 heteroatoms. The third-order valence-corrected chi connectivity index (χ3v) is 6.19. The molecule has 0 aromatic heterocycles. The van der Waals surface area contributed by atoms with Crippen molar-refractivity contribution in [1.29, 1.82) is 0 Å². The number of aryl methyl sites for hydroxylation is 1. The Labute approximate surface area is 171 Å². The van der Waals surface area contributed by atoms with Crippen LogP contribution in [0.5, 0.6) is 0 Å². The monoisotopic (exact) mass is 385 g/mol. The highest BCUT2D eigenvalue weighted by Gasteiger charge is 2.25. The van der Waals surface area contributed by atoms with Gasteiger partial charge in [-0.1, -0.05) is 31.0 Å². The number of carbonyl (C=O) groups excluding carboxylic acids is 2. The Morgan fingerprint density at radius 3 is 2.25 bits per heavy atom. The summed E-state index contributed by atoms with van der Waals surface area (Å²) < 4.78 is 0. The molecule has 3 nitrogen and oxygen atoms in total. The molecule has 156 valence electrons. The lowest BCUT2D eigenvalue weighted by atomic mass is 9.77. The summed E-state index contributed by atoms with van der Waals surface area (Å²) in [6.07, 6.45) is 10.1. The van der Waals surface area contributed by atoms with E-state index in [0.717, 1.165) is 57.5 Å². The number of Topliss-reactive ketones (excluding diaryl/α,β-unsaturated/α-hetero) is 2. The zero-order valence-electron chi connectivity index (χ0n) is 18.2. The average molecular weight is 386 g/mol. The highest BCUT2D eigenvalue weighted by Crippen LogP contribution is 2.33. The molecule has 2 rings (SSSR count).